The smallest absolute Gasteiger partial charge is 0.138 e. The second-order valence-electron chi connectivity index (χ2n) is 4.50. The zero-order valence-corrected chi connectivity index (χ0v) is 9.92. The number of phenols is 1. The van der Waals surface area contributed by atoms with E-state index >= 15 is 0 Å². The minimum absolute atomic E-state index is 0.0272. The summed E-state index contributed by atoms with van der Waals surface area (Å²) in [6.45, 7) is 2.83. The molecule has 0 radical (unpaired) electrons. The molecule has 1 unspecified atom stereocenters. The van der Waals surface area contributed by atoms with E-state index in [2.05, 4.69) is 18.3 Å². The van der Waals surface area contributed by atoms with Crippen molar-refractivity contribution in [3.63, 3.8) is 0 Å². The minimum Gasteiger partial charge on any atom is -0.506 e. The van der Waals surface area contributed by atoms with Crippen molar-refractivity contribution >= 4 is 5.69 Å². The normalized spacial score (nSPS) is 23.6. The molecule has 0 aliphatic carbocycles. The molecule has 0 saturated carbocycles. The van der Waals surface area contributed by atoms with E-state index in [1.54, 1.807) is 13.2 Å². The van der Waals surface area contributed by atoms with Crippen LogP contribution in [-0.4, -0.2) is 24.4 Å². The van der Waals surface area contributed by atoms with E-state index in [0.717, 1.165) is 24.9 Å². The lowest BCUT2D eigenvalue weighted by Crippen LogP contribution is -2.45. The summed E-state index contributed by atoms with van der Waals surface area (Å²) in [5.74, 6) is 0.339. The summed E-state index contributed by atoms with van der Waals surface area (Å²) in [6, 6.07) is 5.68. The number of aryl methyl sites for hydroxylation is 1. The first-order valence-electron chi connectivity index (χ1n) is 5.79. The van der Waals surface area contributed by atoms with E-state index in [1.807, 2.05) is 6.07 Å². The number of benzene rings is 1. The second kappa shape index (κ2) is 4.34. The van der Waals surface area contributed by atoms with Gasteiger partial charge in [0.1, 0.15) is 5.75 Å². The zero-order chi connectivity index (χ0) is 11.6. The van der Waals surface area contributed by atoms with Gasteiger partial charge < -0.3 is 15.2 Å². The van der Waals surface area contributed by atoms with Gasteiger partial charge in [-0.15, -0.1) is 0 Å². The molecular weight excluding hydrogens is 202 g/mol. The van der Waals surface area contributed by atoms with Gasteiger partial charge in [-0.3, -0.25) is 0 Å². The maximum Gasteiger partial charge on any atom is 0.138 e. The van der Waals surface area contributed by atoms with Crippen molar-refractivity contribution in [1.82, 2.24) is 0 Å². The van der Waals surface area contributed by atoms with Crippen LogP contribution in [0, 0.1) is 0 Å². The Labute approximate surface area is 96.4 Å². The van der Waals surface area contributed by atoms with E-state index in [-0.39, 0.29) is 5.54 Å². The third-order valence-corrected chi connectivity index (χ3v) is 3.49. The van der Waals surface area contributed by atoms with Crippen LogP contribution in [-0.2, 0) is 11.2 Å². The van der Waals surface area contributed by atoms with Crippen LogP contribution >= 0.6 is 0 Å². The average molecular weight is 221 g/mol. The maximum absolute atomic E-state index is 9.85. The largest absolute Gasteiger partial charge is 0.506 e. The number of rotatable bonds is 3. The predicted molar refractivity (Wildman–Crippen MR) is 64.9 cm³/mol. The maximum atomic E-state index is 9.85. The number of anilines is 1. The summed E-state index contributed by atoms with van der Waals surface area (Å²) < 4.78 is 5.29. The van der Waals surface area contributed by atoms with E-state index in [9.17, 15) is 5.11 Å². The Morgan fingerprint density at radius 2 is 2.31 bits per heavy atom. The van der Waals surface area contributed by atoms with Gasteiger partial charge in [0, 0.05) is 7.11 Å². The van der Waals surface area contributed by atoms with E-state index in [1.165, 1.54) is 5.56 Å². The molecule has 0 spiro atoms. The number of hydrogen-bond donors (Lipinski definition) is 2. The van der Waals surface area contributed by atoms with Gasteiger partial charge in [-0.25, -0.2) is 0 Å². The van der Waals surface area contributed by atoms with Crippen LogP contribution in [0.3, 0.4) is 0 Å². The number of phenolic OH excluding ortho intramolecular Hbond substituents is 1. The van der Waals surface area contributed by atoms with Crippen LogP contribution in [0.2, 0.25) is 0 Å². The zero-order valence-electron chi connectivity index (χ0n) is 9.92. The molecular formula is C13H19NO2. The fraction of sp³-hybridized carbons (Fsp3) is 0.538. The summed E-state index contributed by atoms with van der Waals surface area (Å²) >= 11 is 0. The third kappa shape index (κ3) is 1.87. The molecule has 1 aliphatic heterocycles. The number of fused-ring (bicyclic) bond motifs is 1. The number of aromatic hydroxyl groups is 1. The Balaban J connectivity index is 2.31. The van der Waals surface area contributed by atoms with Gasteiger partial charge in [0.2, 0.25) is 0 Å². The quantitative estimate of drug-likeness (QED) is 0.771. The Morgan fingerprint density at radius 3 is 3.00 bits per heavy atom. The highest BCUT2D eigenvalue weighted by atomic mass is 16.5. The van der Waals surface area contributed by atoms with Crippen molar-refractivity contribution in [3.8, 4) is 5.75 Å². The van der Waals surface area contributed by atoms with Gasteiger partial charge in [0.15, 0.2) is 0 Å². The third-order valence-electron chi connectivity index (χ3n) is 3.49. The summed E-state index contributed by atoms with van der Waals surface area (Å²) in [7, 11) is 1.72. The highest BCUT2D eigenvalue weighted by Crippen LogP contribution is 2.38. The number of ether oxygens (including phenoxy) is 1. The first-order chi connectivity index (χ1) is 7.71. The molecule has 16 heavy (non-hydrogen) atoms. The van der Waals surface area contributed by atoms with E-state index in [4.69, 9.17) is 4.74 Å². The standard InChI is InChI=1S/C13H19NO2/c1-3-13(9-16-2)8-7-10-5-4-6-11(15)12(10)14-13/h4-6,14-15H,3,7-9H2,1-2H3. The topological polar surface area (TPSA) is 41.5 Å². The van der Waals surface area contributed by atoms with Gasteiger partial charge in [-0.2, -0.15) is 0 Å². The summed E-state index contributed by atoms with van der Waals surface area (Å²) in [5, 5.41) is 13.3. The molecule has 0 saturated heterocycles. The van der Waals surface area contributed by atoms with Crippen molar-refractivity contribution in [3.05, 3.63) is 23.8 Å². The highest BCUT2D eigenvalue weighted by molar-refractivity contribution is 5.64. The van der Waals surface area contributed by atoms with Crippen LogP contribution < -0.4 is 5.32 Å². The van der Waals surface area contributed by atoms with Crippen LogP contribution in [0.25, 0.3) is 0 Å². The summed E-state index contributed by atoms with van der Waals surface area (Å²) in [6.07, 6.45) is 3.04. The fourth-order valence-electron chi connectivity index (χ4n) is 2.39. The summed E-state index contributed by atoms with van der Waals surface area (Å²) in [5.41, 5.74) is 2.05. The monoisotopic (exact) mass is 221 g/mol. The van der Waals surface area contributed by atoms with Crippen molar-refractivity contribution in [1.29, 1.82) is 0 Å². The Morgan fingerprint density at radius 1 is 1.50 bits per heavy atom. The van der Waals surface area contributed by atoms with Crippen LogP contribution in [0.1, 0.15) is 25.3 Å². The molecule has 0 fully saturated rings. The number of methoxy groups -OCH3 is 1. The number of hydrogen-bond acceptors (Lipinski definition) is 3. The van der Waals surface area contributed by atoms with Gasteiger partial charge in [0.25, 0.3) is 0 Å². The molecule has 0 bridgehead atoms. The lowest BCUT2D eigenvalue weighted by Gasteiger charge is -2.39. The van der Waals surface area contributed by atoms with Crippen LogP contribution in [0.5, 0.6) is 5.75 Å². The highest BCUT2D eigenvalue weighted by Gasteiger charge is 2.33. The Bertz CT molecular complexity index is 378. The van der Waals surface area contributed by atoms with E-state index in [0.29, 0.717) is 12.4 Å². The van der Waals surface area contributed by atoms with Crippen molar-refractivity contribution in [2.75, 3.05) is 19.0 Å². The van der Waals surface area contributed by atoms with Gasteiger partial charge in [-0.05, 0) is 30.9 Å². The first kappa shape index (κ1) is 11.3. The Kier molecular flexibility index (Phi) is 3.06. The summed E-state index contributed by atoms with van der Waals surface area (Å²) in [4.78, 5) is 0. The van der Waals surface area contributed by atoms with Crippen molar-refractivity contribution in [2.24, 2.45) is 0 Å². The van der Waals surface area contributed by atoms with E-state index < -0.39 is 0 Å². The minimum atomic E-state index is -0.0272. The first-order valence-corrected chi connectivity index (χ1v) is 5.79. The lowest BCUT2D eigenvalue weighted by molar-refractivity contribution is 0.133. The molecule has 2 N–H and O–H groups in total. The average Bonchev–Trinajstić information content (AvgIpc) is 2.31. The Hall–Kier alpha value is -1.22. The predicted octanol–water partition coefficient (Wildman–Crippen LogP) is 2.55. The molecule has 1 aliphatic rings. The van der Waals surface area contributed by atoms with Crippen LogP contribution in [0.15, 0.2) is 18.2 Å². The van der Waals surface area contributed by atoms with Gasteiger partial charge in [-0.1, -0.05) is 19.1 Å². The number of para-hydroxylation sites is 1. The van der Waals surface area contributed by atoms with Gasteiger partial charge >= 0.3 is 0 Å². The fourth-order valence-corrected chi connectivity index (χ4v) is 2.39. The molecule has 3 nitrogen and oxygen atoms in total. The molecule has 1 aromatic carbocycles. The molecule has 1 heterocycles. The number of nitrogens with one attached hydrogen (secondary N) is 1. The molecule has 0 amide bonds. The second-order valence-corrected chi connectivity index (χ2v) is 4.50. The molecule has 88 valence electrons. The molecule has 3 heteroatoms. The lowest BCUT2D eigenvalue weighted by atomic mass is 9.84. The van der Waals surface area contributed by atoms with Crippen molar-refractivity contribution < 1.29 is 9.84 Å². The van der Waals surface area contributed by atoms with Crippen LogP contribution in [0.4, 0.5) is 5.69 Å². The molecule has 0 aromatic heterocycles. The van der Waals surface area contributed by atoms with Crippen molar-refractivity contribution in [2.45, 2.75) is 31.7 Å². The van der Waals surface area contributed by atoms with Gasteiger partial charge in [0.05, 0.1) is 17.8 Å². The molecule has 1 aromatic rings. The SMILES string of the molecule is CCC1(COC)CCc2cccc(O)c2N1. The molecule has 1 atom stereocenters. The molecule has 2 rings (SSSR count).